The predicted octanol–water partition coefficient (Wildman–Crippen LogP) is 2.88. The third kappa shape index (κ3) is 2.87. The lowest BCUT2D eigenvalue weighted by atomic mass is 10.1. The number of aromatic nitrogens is 2. The summed E-state index contributed by atoms with van der Waals surface area (Å²) >= 11 is 6.17. The molecule has 10 heteroatoms. The molecule has 2 unspecified atom stereocenters. The predicted molar refractivity (Wildman–Crippen MR) is 102 cm³/mol. The Morgan fingerprint density at radius 2 is 1.76 bits per heavy atom. The molecule has 0 aliphatic carbocycles. The van der Waals surface area contributed by atoms with Crippen LogP contribution < -0.4 is 4.90 Å². The van der Waals surface area contributed by atoms with Crippen LogP contribution in [0.3, 0.4) is 0 Å². The van der Waals surface area contributed by atoms with Gasteiger partial charge in [-0.1, -0.05) is 52.3 Å². The molecule has 1 aromatic heterocycles. The van der Waals surface area contributed by atoms with Crippen molar-refractivity contribution in [2.24, 2.45) is 10.3 Å². The van der Waals surface area contributed by atoms with Crippen LogP contribution in [0, 0.1) is 0 Å². The maximum absolute atomic E-state index is 12.9. The molecule has 0 spiro atoms. The molecule has 3 heterocycles. The number of imide groups is 1. The van der Waals surface area contributed by atoms with Gasteiger partial charge in [0.2, 0.25) is 11.7 Å². The summed E-state index contributed by atoms with van der Waals surface area (Å²) < 4.78 is 5.29. The highest BCUT2D eigenvalue weighted by molar-refractivity contribution is 6.33. The number of nitrogens with zero attached hydrogens (tertiary/aromatic N) is 6. The normalized spacial score (nSPS) is 20.6. The number of hydrogen-bond acceptors (Lipinski definition) is 8. The Morgan fingerprint density at radius 1 is 1.00 bits per heavy atom. The first-order valence-electron chi connectivity index (χ1n) is 8.81. The monoisotopic (exact) mass is 408 g/mol. The lowest BCUT2D eigenvalue weighted by Gasteiger charge is -2.19. The number of benzene rings is 2. The summed E-state index contributed by atoms with van der Waals surface area (Å²) in [5.74, 6) is -0.224. The molecule has 0 saturated carbocycles. The van der Waals surface area contributed by atoms with E-state index in [0.29, 0.717) is 22.1 Å². The zero-order valence-corrected chi connectivity index (χ0v) is 15.6. The van der Waals surface area contributed by atoms with Crippen LogP contribution >= 0.6 is 11.6 Å². The van der Waals surface area contributed by atoms with Crippen LogP contribution in [-0.2, 0) is 16.1 Å². The molecule has 2 amide bonds. The van der Waals surface area contributed by atoms with Gasteiger partial charge in [-0.15, -0.1) is 0 Å². The van der Waals surface area contributed by atoms with Crippen LogP contribution in [0.4, 0.5) is 5.69 Å². The molecule has 0 radical (unpaired) electrons. The van der Waals surface area contributed by atoms with Gasteiger partial charge >= 0.3 is 0 Å². The summed E-state index contributed by atoms with van der Waals surface area (Å²) in [6.07, 6.45) is 0. The van der Waals surface area contributed by atoms with Crippen LogP contribution in [0.2, 0.25) is 5.02 Å². The van der Waals surface area contributed by atoms with E-state index in [1.165, 1.54) is 5.01 Å². The van der Waals surface area contributed by atoms with Gasteiger partial charge in [0.15, 0.2) is 12.1 Å². The largest absolute Gasteiger partial charge is 0.337 e. The third-order valence-corrected chi connectivity index (χ3v) is 5.08. The van der Waals surface area contributed by atoms with E-state index < -0.39 is 18.0 Å². The molecule has 5 rings (SSSR count). The standard InChI is InChI=1S/C19H13ClN6O3/c20-13-9-5-4-8-12(13)17-21-14(29-23-17)10-25-16-15(22-24-25)18(27)26(19(16)28)11-6-2-1-3-7-11/h1-9,15-16H,10H2. The Labute approximate surface area is 169 Å². The first-order chi connectivity index (χ1) is 14.1. The van der Waals surface area contributed by atoms with Gasteiger partial charge in [-0.3, -0.25) is 14.6 Å². The molecule has 0 bridgehead atoms. The van der Waals surface area contributed by atoms with Gasteiger partial charge in [-0.2, -0.15) is 10.1 Å². The number of halogens is 1. The molecule has 2 aromatic carbocycles. The average Bonchev–Trinajstić information content (AvgIpc) is 3.42. The summed E-state index contributed by atoms with van der Waals surface area (Å²) in [6, 6.07) is 14.2. The van der Waals surface area contributed by atoms with Crippen LogP contribution in [0.5, 0.6) is 0 Å². The fraction of sp³-hybridized carbons (Fsp3) is 0.158. The molecule has 1 saturated heterocycles. The van der Waals surface area contributed by atoms with E-state index >= 15 is 0 Å². The second-order valence-electron chi connectivity index (χ2n) is 6.53. The van der Waals surface area contributed by atoms with Gasteiger partial charge in [0.25, 0.3) is 11.8 Å². The van der Waals surface area contributed by atoms with E-state index in [4.69, 9.17) is 16.1 Å². The molecule has 29 heavy (non-hydrogen) atoms. The topological polar surface area (TPSA) is 104 Å². The van der Waals surface area contributed by atoms with Gasteiger partial charge in [0.05, 0.1) is 10.7 Å². The smallest absolute Gasteiger partial charge is 0.263 e. The molecule has 9 nitrogen and oxygen atoms in total. The lowest BCUT2D eigenvalue weighted by molar-refractivity contribution is -0.123. The quantitative estimate of drug-likeness (QED) is 0.615. The minimum Gasteiger partial charge on any atom is -0.337 e. The number of anilines is 1. The van der Waals surface area contributed by atoms with E-state index in [0.717, 1.165) is 4.90 Å². The molecular formula is C19H13ClN6O3. The van der Waals surface area contributed by atoms with E-state index in [9.17, 15) is 9.59 Å². The lowest BCUT2D eigenvalue weighted by Crippen LogP contribution is -2.39. The first-order valence-corrected chi connectivity index (χ1v) is 9.19. The summed E-state index contributed by atoms with van der Waals surface area (Å²) in [5.41, 5.74) is 1.14. The maximum Gasteiger partial charge on any atom is 0.263 e. The highest BCUT2D eigenvalue weighted by Gasteiger charge is 2.55. The Hall–Kier alpha value is -3.59. The summed E-state index contributed by atoms with van der Waals surface area (Å²) in [7, 11) is 0. The Bertz CT molecular complexity index is 1130. The fourth-order valence-electron chi connectivity index (χ4n) is 3.39. The van der Waals surface area contributed by atoms with Crippen molar-refractivity contribution in [2.75, 3.05) is 4.90 Å². The Balaban J connectivity index is 1.38. The van der Waals surface area contributed by atoms with E-state index in [2.05, 4.69) is 20.5 Å². The molecule has 0 N–H and O–H groups in total. The zero-order chi connectivity index (χ0) is 20.0. The Morgan fingerprint density at radius 3 is 2.55 bits per heavy atom. The van der Waals surface area contributed by atoms with Crippen molar-refractivity contribution >= 4 is 29.1 Å². The minimum atomic E-state index is -0.881. The molecule has 2 aliphatic heterocycles. The molecule has 2 aliphatic rings. The van der Waals surface area contributed by atoms with Gasteiger partial charge in [-0.05, 0) is 24.3 Å². The second kappa shape index (κ2) is 6.78. The molecule has 1 fully saturated rings. The second-order valence-corrected chi connectivity index (χ2v) is 6.94. The van der Waals surface area contributed by atoms with Crippen molar-refractivity contribution in [1.82, 2.24) is 15.1 Å². The summed E-state index contributed by atoms with van der Waals surface area (Å²) in [5, 5.41) is 13.8. The van der Waals surface area contributed by atoms with Crippen molar-refractivity contribution in [3.05, 3.63) is 65.5 Å². The Kier molecular flexibility index (Phi) is 4.09. The fourth-order valence-corrected chi connectivity index (χ4v) is 3.62. The van der Waals surface area contributed by atoms with E-state index in [1.54, 1.807) is 42.5 Å². The van der Waals surface area contributed by atoms with Crippen molar-refractivity contribution in [3.8, 4) is 11.4 Å². The molecular weight excluding hydrogens is 396 g/mol. The number of hydrogen-bond donors (Lipinski definition) is 0. The molecule has 2 atom stereocenters. The van der Waals surface area contributed by atoms with Crippen molar-refractivity contribution < 1.29 is 14.1 Å². The highest BCUT2D eigenvalue weighted by Crippen LogP contribution is 2.33. The SMILES string of the molecule is O=C1C2N=NN(Cc3nc(-c4ccccc4Cl)no3)C2C(=O)N1c1ccccc1. The maximum atomic E-state index is 12.9. The first kappa shape index (κ1) is 17.5. The number of carbonyl (C=O) groups is 2. The van der Waals surface area contributed by atoms with Gasteiger partial charge in [-0.25, -0.2) is 4.90 Å². The minimum absolute atomic E-state index is 0.0454. The van der Waals surface area contributed by atoms with Crippen molar-refractivity contribution in [1.29, 1.82) is 0 Å². The number of rotatable bonds is 4. The number of carbonyl (C=O) groups excluding carboxylic acids is 2. The van der Waals surface area contributed by atoms with Gasteiger partial charge < -0.3 is 4.52 Å². The van der Waals surface area contributed by atoms with Crippen LogP contribution in [0.1, 0.15) is 5.89 Å². The highest BCUT2D eigenvalue weighted by atomic mass is 35.5. The molecule has 3 aromatic rings. The van der Waals surface area contributed by atoms with Crippen LogP contribution in [0.25, 0.3) is 11.4 Å². The number of para-hydroxylation sites is 1. The number of amides is 2. The van der Waals surface area contributed by atoms with Crippen molar-refractivity contribution in [2.45, 2.75) is 18.6 Å². The summed E-state index contributed by atoms with van der Waals surface area (Å²) in [4.78, 5) is 31.1. The average molecular weight is 409 g/mol. The van der Waals surface area contributed by atoms with E-state index in [-0.39, 0.29) is 18.3 Å². The molecule has 144 valence electrons. The van der Waals surface area contributed by atoms with E-state index in [1.807, 2.05) is 12.1 Å². The van der Waals surface area contributed by atoms with Crippen molar-refractivity contribution in [3.63, 3.8) is 0 Å². The van der Waals surface area contributed by atoms with Gasteiger partial charge in [0.1, 0.15) is 6.54 Å². The summed E-state index contributed by atoms with van der Waals surface area (Å²) in [6.45, 7) is 0.0454. The number of fused-ring (bicyclic) bond motifs is 1. The van der Waals surface area contributed by atoms with Crippen LogP contribution in [0.15, 0.2) is 69.5 Å². The van der Waals surface area contributed by atoms with Gasteiger partial charge in [0, 0.05) is 5.56 Å². The third-order valence-electron chi connectivity index (χ3n) is 4.75. The zero-order valence-electron chi connectivity index (χ0n) is 14.8. The van der Waals surface area contributed by atoms with Crippen LogP contribution in [-0.4, -0.2) is 39.0 Å².